The van der Waals surface area contributed by atoms with Crippen molar-refractivity contribution in [3.63, 3.8) is 0 Å². The molecule has 1 aromatic carbocycles. The summed E-state index contributed by atoms with van der Waals surface area (Å²) in [6.07, 6.45) is -0.768. The average Bonchev–Trinajstić information content (AvgIpc) is 2.99. The highest BCUT2D eigenvalue weighted by molar-refractivity contribution is 6.05. The van der Waals surface area contributed by atoms with E-state index in [1.165, 1.54) is 27.7 Å². The highest BCUT2D eigenvalue weighted by Crippen LogP contribution is 2.24. The van der Waals surface area contributed by atoms with Crippen LogP contribution in [0.1, 0.15) is 61.0 Å². The Hall–Kier alpha value is -3.43. The number of benzene rings is 1. The predicted octanol–water partition coefficient (Wildman–Crippen LogP) is 2.21. The number of cyclic esters (lactones) is 1. The Bertz CT molecular complexity index is 996. The highest BCUT2D eigenvalue weighted by atomic mass is 16.6. The van der Waals surface area contributed by atoms with E-state index in [4.69, 9.17) is 9.47 Å². The largest absolute Gasteiger partial charge is 0.445 e. The Morgan fingerprint density at radius 2 is 1.44 bits per heavy atom. The van der Waals surface area contributed by atoms with E-state index < -0.39 is 46.0 Å². The molecule has 10 heteroatoms. The number of amides is 3. The maximum Gasteiger partial charge on any atom is 0.408 e. The van der Waals surface area contributed by atoms with Crippen molar-refractivity contribution < 1.29 is 28.7 Å². The van der Waals surface area contributed by atoms with Crippen molar-refractivity contribution in [3.05, 3.63) is 35.9 Å². The lowest BCUT2D eigenvalue weighted by atomic mass is 9.97. The van der Waals surface area contributed by atoms with Gasteiger partial charge in [0, 0.05) is 0 Å². The number of ether oxygens (including phenoxy) is 2. The molecule has 10 nitrogen and oxygen atoms in total. The van der Waals surface area contributed by atoms with Gasteiger partial charge in [0.15, 0.2) is 5.54 Å². The first-order valence-corrected chi connectivity index (χ1v) is 10.9. The van der Waals surface area contributed by atoms with Gasteiger partial charge in [0.05, 0.1) is 0 Å². The lowest BCUT2D eigenvalue weighted by Crippen LogP contribution is -2.65. The lowest BCUT2D eigenvalue weighted by molar-refractivity contribution is -0.138. The number of nitrogens with zero attached hydrogens (tertiary/aromatic N) is 1. The third-order valence-corrected chi connectivity index (χ3v) is 5.22. The fourth-order valence-electron chi connectivity index (χ4n) is 2.86. The SMILES string of the molecule is CC1(C)N=C(C(C)(C)NC(=O)C(C)(C)NC(=O)C(C)(C)NC(=O)OCc2ccccc2)OC1=O. The third kappa shape index (κ3) is 6.55. The van der Waals surface area contributed by atoms with Crippen LogP contribution in [-0.2, 0) is 30.5 Å². The Morgan fingerprint density at radius 3 is 1.97 bits per heavy atom. The van der Waals surface area contributed by atoms with Gasteiger partial charge in [-0.15, -0.1) is 0 Å². The van der Waals surface area contributed by atoms with E-state index in [9.17, 15) is 19.2 Å². The number of carbonyl (C=O) groups is 4. The maximum absolute atomic E-state index is 13.0. The molecule has 0 radical (unpaired) electrons. The number of hydrogen-bond acceptors (Lipinski definition) is 7. The van der Waals surface area contributed by atoms with Gasteiger partial charge in [0.2, 0.25) is 17.7 Å². The minimum atomic E-state index is -1.37. The molecule has 3 N–H and O–H groups in total. The lowest BCUT2D eigenvalue weighted by Gasteiger charge is -2.34. The van der Waals surface area contributed by atoms with Crippen LogP contribution in [0.5, 0.6) is 0 Å². The second kappa shape index (κ2) is 9.44. The molecular formula is C24H34N4O6. The first-order valence-electron chi connectivity index (χ1n) is 10.9. The number of nitrogens with one attached hydrogen (secondary N) is 3. The molecule has 186 valence electrons. The summed E-state index contributed by atoms with van der Waals surface area (Å²) in [6, 6.07) is 9.13. The summed E-state index contributed by atoms with van der Waals surface area (Å²) in [5.41, 5.74) is -4.06. The topological polar surface area (TPSA) is 135 Å². The molecule has 0 aliphatic carbocycles. The molecule has 0 fully saturated rings. The zero-order valence-corrected chi connectivity index (χ0v) is 21.0. The Labute approximate surface area is 199 Å². The van der Waals surface area contributed by atoms with E-state index in [1.807, 2.05) is 30.3 Å². The van der Waals surface area contributed by atoms with E-state index in [-0.39, 0.29) is 12.5 Å². The molecule has 1 aromatic rings. The van der Waals surface area contributed by atoms with Crippen LogP contribution in [0.25, 0.3) is 0 Å². The molecule has 0 aromatic heterocycles. The Balaban J connectivity index is 1.97. The maximum atomic E-state index is 13.0. The minimum absolute atomic E-state index is 0.0542. The van der Waals surface area contributed by atoms with Crippen LogP contribution in [-0.4, -0.2) is 51.9 Å². The van der Waals surface area contributed by atoms with Crippen molar-refractivity contribution in [2.75, 3.05) is 0 Å². The molecule has 0 bridgehead atoms. The van der Waals surface area contributed by atoms with Gasteiger partial charge in [0.25, 0.3) is 0 Å². The number of carbonyl (C=O) groups excluding carboxylic acids is 4. The Morgan fingerprint density at radius 1 is 0.912 bits per heavy atom. The van der Waals surface area contributed by atoms with E-state index in [1.54, 1.807) is 27.7 Å². The van der Waals surface area contributed by atoms with Gasteiger partial charge in [0.1, 0.15) is 23.2 Å². The van der Waals surface area contributed by atoms with Gasteiger partial charge in [-0.1, -0.05) is 30.3 Å². The quantitative estimate of drug-likeness (QED) is 0.495. The number of hydrogen-bond donors (Lipinski definition) is 3. The third-order valence-electron chi connectivity index (χ3n) is 5.22. The van der Waals surface area contributed by atoms with Crippen molar-refractivity contribution in [1.29, 1.82) is 0 Å². The highest BCUT2D eigenvalue weighted by Gasteiger charge is 2.45. The zero-order chi connectivity index (χ0) is 25.9. The fraction of sp³-hybridized carbons (Fsp3) is 0.542. The van der Waals surface area contributed by atoms with Crippen molar-refractivity contribution in [2.24, 2.45) is 4.99 Å². The first kappa shape index (κ1) is 26.8. The number of aliphatic imine (C=N–C) groups is 1. The Kier molecular flexibility index (Phi) is 7.44. The van der Waals surface area contributed by atoms with Crippen LogP contribution in [0.4, 0.5) is 4.79 Å². The summed E-state index contributed by atoms with van der Waals surface area (Å²) in [6.45, 7) is 12.6. The van der Waals surface area contributed by atoms with Crippen LogP contribution < -0.4 is 16.0 Å². The van der Waals surface area contributed by atoms with Crippen molar-refractivity contribution in [3.8, 4) is 0 Å². The van der Waals surface area contributed by atoms with E-state index in [0.717, 1.165) is 5.56 Å². The second-order valence-electron chi connectivity index (χ2n) is 10.3. The van der Waals surface area contributed by atoms with Crippen molar-refractivity contribution in [2.45, 2.75) is 84.2 Å². The van der Waals surface area contributed by atoms with E-state index in [0.29, 0.717) is 0 Å². The number of esters is 1. The van der Waals surface area contributed by atoms with Crippen LogP contribution >= 0.6 is 0 Å². The molecule has 0 saturated heterocycles. The molecule has 1 heterocycles. The predicted molar refractivity (Wildman–Crippen MR) is 126 cm³/mol. The summed E-state index contributed by atoms with van der Waals surface area (Å²) >= 11 is 0. The number of rotatable bonds is 8. The summed E-state index contributed by atoms with van der Waals surface area (Å²) in [7, 11) is 0. The van der Waals surface area contributed by atoms with E-state index >= 15 is 0 Å². The molecule has 1 aliphatic rings. The standard InChI is InChI=1S/C24H34N4O6/c1-21(2,16(29)26-23(5,6)18-27-24(7,8)19(31)34-18)25-17(30)22(3,4)28-20(32)33-14-15-12-10-9-11-13-15/h9-13H,14H2,1-8H3,(H,25,30)(H,26,29)(H,28,32). The molecule has 1 aliphatic heterocycles. The second-order valence-corrected chi connectivity index (χ2v) is 10.3. The van der Waals surface area contributed by atoms with Crippen LogP contribution in [0.3, 0.4) is 0 Å². The van der Waals surface area contributed by atoms with Crippen LogP contribution in [0, 0.1) is 0 Å². The number of alkyl carbamates (subject to hydrolysis) is 1. The molecule has 0 spiro atoms. The van der Waals surface area contributed by atoms with Crippen molar-refractivity contribution >= 4 is 29.8 Å². The molecular weight excluding hydrogens is 440 g/mol. The zero-order valence-electron chi connectivity index (χ0n) is 21.0. The normalized spacial score (nSPS) is 15.6. The summed E-state index contributed by atoms with van der Waals surface area (Å²) < 4.78 is 10.4. The van der Waals surface area contributed by atoms with Gasteiger partial charge < -0.3 is 25.4 Å². The monoisotopic (exact) mass is 474 g/mol. The average molecular weight is 475 g/mol. The molecule has 0 atom stereocenters. The van der Waals surface area contributed by atoms with Crippen LogP contribution in [0.15, 0.2) is 35.3 Å². The smallest absolute Gasteiger partial charge is 0.408 e. The van der Waals surface area contributed by atoms with Gasteiger partial charge in [-0.25, -0.2) is 14.6 Å². The molecule has 3 amide bonds. The van der Waals surface area contributed by atoms with Crippen molar-refractivity contribution in [1.82, 2.24) is 16.0 Å². The molecule has 2 rings (SSSR count). The molecule has 34 heavy (non-hydrogen) atoms. The summed E-state index contributed by atoms with van der Waals surface area (Å²) in [5.74, 6) is -1.55. The fourth-order valence-corrected chi connectivity index (χ4v) is 2.86. The molecule has 0 saturated carbocycles. The minimum Gasteiger partial charge on any atom is -0.445 e. The summed E-state index contributed by atoms with van der Waals surface area (Å²) in [4.78, 5) is 54.3. The van der Waals surface area contributed by atoms with Gasteiger partial charge in [-0.05, 0) is 61.0 Å². The van der Waals surface area contributed by atoms with Gasteiger partial charge in [-0.2, -0.15) is 0 Å². The van der Waals surface area contributed by atoms with E-state index in [2.05, 4.69) is 20.9 Å². The van der Waals surface area contributed by atoms with Crippen LogP contribution in [0.2, 0.25) is 0 Å². The van der Waals surface area contributed by atoms with Gasteiger partial charge >= 0.3 is 12.1 Å². The molecule has 0 unspecified atom stereocenters. The van der Waals surface area contributed by atoms with Gasteiger partial charge in [-0.3, -0.25) is 9.59 Å². The first-order chi connectivity index (χ1) is 15.5. The summed E-state index contributed by atoms with van der Waals surface area (Å²) in [5, 5.41) is 7.92.